The second-order valence-corrected chi connectivity index (χ2v) is 6.87. The number of carbonyl (C=O) groups excluding carboxylic acids is 3. The van der Waals surface area contributed by atoms with Gasteiger partial charge in [0.15, 0.2) is 6.61 Å². The van der Waals surface area contributed by atoms with Crippen molar-refractivity contribution in [3.63, 3.8) is 0 Å². The molecule has 0 saturated carbocycles. The Hall–Kier alpha value is -3.06. The average molecular weight is 402 g/mol. The monoisotopic (exact) mass is 401 g/mol. The number of urea groups is 1. The lowest BCUT2D eigenvalue weighted by Crippen LogP contribution is -2.49. The number of rotatable bonds is 6. The molecular formula is C20H20ClN3O4. The summed E-state index contributed by atoms with van der Waals surface area (Å²) >= 11 is 5.89. The van der Waals surface area contributed by atoms with Crippen LogP contribution >= 0.6 is 11.6 Å². The number of imide groups is 1. The van der Waals surface area contributed by atoms with Gasteiger partial charge in [-0.25, -0.2) is 4.79 Å². The first-order valence-corrected chi connectivity index (χ1v) is 9.16. The third kappa shape index (κ3) is 3.66. The summed E-state index contributed by atoms with van der Waals surface area (Å²) in [7, 11) is 0. The predicted octanol–water partition coefficient (Wildman–Crippen LogP) is 2.92. The molecule has 8 heteroatoms. The normalized spacial score (nSPS) is 18.8. The molecule has 1 atom stereocenters. The zero-order valence-electron chi connectivity index (χ0n) is 15.5. The number of hydrazine groups is 1. The maximum Gasteiger partial charge on any atom is 0.344 e. The minimum atomic E-state index is -1.21. The highest BCUT2D eigenvalue weighted by Crippen LogP contribution is 2.31. The number of nitrogens with zero attached hydrogens (tertiary/aromatic N) is 1. The Balaban J connectivity index is 1.69. The molecule has 0 aliphatic carbocycles. The molecular weight excluding hydrogens is 382 g/mol. The molecule has 0 aromatic heterocycles. The van der Waals surface area contributed by atoms with Crippen molar-refractivity contribution in [1.29, 1.82) is 0 Å². The number of ether oxygens (including phenoxy) is 1. The van der Waals surface area contributed by atoms with Crippen LogP contribution in [0.4, 0.5) is 4.79 Å². The van der Waals surface area contributed by atoms with Crippen molar-refractivity contribution in [3.05, 3.63) is 64.7 Å². The van der Waals surface area contributed by atoms with Crippen molar-refractivity contribution in [3.8, 4) is 5.75 Å². The van der Waals surface area contributed by atoms with Crippen molar-refractivity contribution in [2.75, 3.05) is 6.61 Å². The molecule has 3 rings (SSSR count). The van der Waals surface area contributed by atoms with Gasteiger partial charge in [-0.15, -0.1) is 0 Å². The summed E-state index contributed by atoms with van der Waals surface area (Å²) in [6.45, 7) is 3.24. The van der Waals surface area contributed by atoms with E-state index in [1.807, 2.05) is 6.07 Å². The lowest BCUT2D eigenvalue weighted by molar-refractivity contribution is -0.140. The van der Waals surface area contributed by atoms with Crippen LogP contribution in [-0.2, 0) is 15.1 Å². The van der Waals surface area contributed by atoms with E-state index in [-0.39, 0.29) is 6.61 Å². The second kappa shape index (κ2) is 7.90. The fraction of sp³-hybridized carbons (Fsp3) is 0.250. The molecule has 2 aromatic carbocycles. The van der Waals surface area contributed by atoms with Crippen molar-refractivity contribution >= 4 is 29.4 Å². The van der Waals surface area contributed by atoms with Gasteiger partial charge in [0.1, 0.15) is 11.3 Å². The van der Waals surface area contributed by atoms with E-state index in [9.17, 15) is 14.4 Å². The molecule has 28 heavy (non-hydrogen) atoms. The van der Waals surface area contributed by atoms with Crippen LogP contribution in [0.5, 0.6) is 5.75 Å². The highest BCUT2D eigenvalue weighted by Gasteiger charge is 2.52. The fourth-order valence-corrected chi connectivity index (χ4v) is 3.34. The molecule has 0 radical (unpaired) electrons. The summed E-state index contributed by atoms with van der Waals surface area (Å²) in [4.78, 5) is 37.5. The van der Waals surface area contributed by atoms with E-state index in [0.29, 0.717) is 27.8 Å². The molecule has 2 N–H and O–H groups in total. The van der Waals surface area contributed by atoms with Crippen LogP contribution in [0.25, 0.3) is 0 Å². The summed E-state index contributed by atoms with van der Waals surface area (Å²) < 4.78 is 5.46. The predicted molar refractivity (Wildman–Crippen MR) is 104 cm³/mol. The molecule has 7 nitrogen and oxygen atoms in total. The first-order valence-electron chi connectivity index (χ1n) is 8.78. The van der Waals surface area contributed by atoms with E-state index in [2.05, 4.69) is 10.7 Å². The molecule has 2 aromatic rings. The fourth-order valence-electron chi connectivity index (χ4n) is 3.11. The van der Waals surface area contributed by atoms with Gasteiger partial charge in [0.2, 0.25) is 0 Å². The third-order valence-corrected chi connectivity index (χ3v) is 4.86. The van der Waals surface area contributed by atoms with Crippen LogP contribution in [0, 0.1) is 6.92 Å². The van der Waals surface area contributed by atoms with Crippen molar-refractivity contribution < 1.29 is 19.1 Å². The Morgan fingerprint density at radius 1 is 1.21 bits per heavy atom. The maximum atomic E-state index is 12.9. The topological polar surface area (TPSA) is 87.7 Å². The van der Waals surface area contributed by atoms with Crippen molar-refractivity contribution in [2.24, 2.45) is 0 Å². The molecule has 1 heterocycles. The molecule has 146 valence electrons. The molecule has 4 amide bonds. The molecule has 0 unspecified atom stereocenters. The van der Waals surface area contributed by atoms with E-state index in [1.165, 1.54) is 0 Å². The van der Waals surface area contributed by atoms with Crippen molar-refractivity contribution in [1.82, 2.24) is 15.8 Å². The minimum absolute atomic E-state index is 0.342. The maximum absolute atomic E-state index is 12.9. The van der Waals surface area contributed by atoms with Gasteiger partial charge < -0.3 is 10.1 Å². The zero-order valence-corrected chi connectivity index (χ0v) is 16.2. The third-order valence-electron chi connectivity index (χ3n) is 4.62. The van der Waals surface area contributed by atoms with Crippen LogP contribution in [0.2, 0.25) is 5.02 Å². The van der Waals surface area contributed by atoms with E-state index < -0.39 is 23.4 Å². The lowest BCUT2D eigenvalue weighted by atomic mass is 9.87. The highest BCUT2D eigenvalue weighted by molar-refractivity contribution is 6.30. The highest BCUT2D eigenvalue weighted by atomic mass is 35.5. The second-order valence-electron chi connectivity index (χ2n) is 6.43. The Bertz CT molecular complexity index is 919. The van der Waals surface area contributed by atoms with Gasteiger partial charge in [-0.2, -0.15) is 5.01 Å². The van der Waals surface area contributed by atoms with E-state index >= 15 is 0 Å². The van der Waals surface area contributed by atoms with E-state index in [1.54, 1.807) is 56.3 Å². The van der Waals surface area contributed by atoms with Gasteiger partial charge in [0.25, 0.3) is 11.8 Å². The average Bonchev–Trinajstić information content (AvgIpc) is 2.93. The number of amides is 4. The summed E-state index contributed by atoms with van der Waals surface area (Å²) in [5.74, 6) is -0.677. The van der Waals surface area contributed by atoms with Gasteiger partial charge in [0.05, 0.1) is 0 Å². The van der Waals surface area contributed by atoms with Gasteiger partial charge >= 0.3 is 6.03 Å². The van der Waals surface area contributed by atoms with Crippen LogP contribution in [0.15, 0.2) is 48.5 Å². The van der Waals surface area contributed by atoms with E-state index in [4.69, 9.17) is 16.3 Å². The molecule has 1 saturated heterocycles. The number of benzene rings is 2. The first kappa shape index (κ1) is 19.7. The number of carbonyl (C=O) groups is 3. The van der Waals surface area contributed by atoms with Gasteiger partial charge in [-0.1, -0.05) is 48.9 Å². The van der Waals surface area contributed by atoms with Gasteiger partial charge in [-0.3, -0.25) is 15.0 Å². The molecule has 1 fully saturated rings. The summed E-state index contributed by atoms with van der Waals surface area (Å²) in [6.07, 6.45) is 0.342. The number of aryl methyl sites for hydroxylation is 1. The van der Waals surface area contributed by atoms with Crippen LogP contribution in [-0.4, -0.2) is 29.5 Å². The summed E-state index contributed by atoms with van der Waals surface area (Å²) in [6, 6.07) is 13.2. The summed E-state index contributed by atoms with van der Waals surface area (Å²) in [5.41, 5.74) is 2.53. The Kier molecular flexibility index (Phi) is 5.56. The molecule has 1 aliphatic heterocycles. The van der Waals surface area contributed by atoms with E-state index in [0.717, 1.165) is 5.56 Å². The lowest BCUT2D eigenvalue weighted by Gasteiger charge is -2.25. The smallest absolute Gasteiger partial charge is 0.344 e. The van der Waals surface area contributed by atoms with Gasteiger partial charge in [0, 0.05) is 5.02 Å². The Morgan fingerprint density at radius 2 is 1.93 bits per heavy atom. The first-order chi connectivity index (χ1) is 13.4. The SMILES string of the molecule is CC[C@@]1(c2ccccc2)NC(=O)N(NC(=O)COc2ccc(Cl)cc2C)C1=O. The van der Waals surface area contributed by atoms with Crippen LogP contribution in [0.3, 0.4) is 0 Å². The number of hydrogen-bond donors (Lipinski definition) is 2. The molecule has 0 spiro atoms. The molecule has 1 aliphatic rings. The number of halogens is 1. The Labute approximate surface area is 167 Å². The zero-order chi connectivity index (χ0) is 20.3. The Morgan fingerprint density at radius 3 is 2.57 bits per heavy atom. The minimum Gasteiger partial charge on any atom is -0.483 e. The van der Waals surface area contributed by atoms with Crippen LogP contribution in [0.1, 0.15) is 24.5 Å². The van der Waals surface area contributed by atoms with Crippen molar-refractivity contribution in [2.45, 2.75) is 25.8 Å². The standard InChI is InChI=1S/C20H20ClN3O4/c1-3-20(14-7-5-4-6-8-14)18(26)24(19(27)22-20)23-17(25)12-28-16-10-9-15(21)11-13(16)2/h4-11H,3,12H2,1-2H3,(H,22,27)(H,23,25)/t20-/m0/s1. The largest absolute Gasteiger partial charge is 0.483 e. The quantitative estimate of drug-likeness (QED) is 0.728. The van der Waals surface area contributed by atoms with Crippen LogP contribution < -0.4 is 15.5 Å². The van der Waals surface area contributed by atoms with Gasteiger partial charge in [-0.05, 0) is 42.7 Å². The summed E-state index contributed by atoms with van der Waals surface area (Å²) in [5, 5.41) is 3.96. The number of hydrogen-bond acceptors (Lipinski definition) is 4. The molecule has 0 bridgehead atoms. The number of nitrogens with one attached hydrogen (secondary N) is 2.